The molecule has 1 amide bonds. The molecule has 24 heavy (non-hydrogen) atoms. The number of nitrogens with zero attached hydrogens (tertiary/aromatic N) is 2. The lowest BCUT2D eigenvalue weighted by atomic mass is 10.2. The maximum absolute atomic E-state index is 12.1. The molecular weight excluding hydrogens is 330 g/mol. The van der Waals surface area contributed by atoms with Crippen molar-refractivity contribution >= 4 is 27.9 Å². The van der Waals surface area contributed by atoms with Gasteiger partial charge < -0.3 is 10.1 Å². The standard InChI is InChI=1S/C16H17N3O4S/c20-16(13-9-15(19(21)22)24-11-13)17-14-3-1-12(2-4-14)10-18-5-7-23-8-6-18/h1-4,9,11H,5-8,10H2,(H,17,20). The van der Waals surface area contributed by atoms with E-state index in [2.05, 4.69) is 10.2 Å². The first kappa shape index (κ1) is 16.6. The second-order valence-corrected chi connectivity index (χ2v) is 6.36. The lowest BCUT2D eigenvalue weighted by Gasteiger charge is -2.26. The molecule has 1 fully saturated rings. The monoisotopic (exact) mass is 347 g/mol. The van der Waals surface area contributed by atoms with Crippen LogP contribution in [0.3, 0.4) is 0 Å². The van der Waals surface area contributed by atoms with Crippen molar-refractivity contribution in [1.82, 2.24) is 4.90 Å². The second-order valence-electron chi connectivity index (χ2n) is 5.47. The van der Waals surface area contributed by atoms with Crippen LogP contribution in [0.5, 0.6) is 0 Å². The molecule has 1 aromatic heterocycles. The predicted octanol–water partition coefficient (Wildman–Crippen LogP) is 2.74. The summed E-state index contributed by atoms with van der Waals surface area (Å²) in [4.78, 5) is 24.6. The molecule has 0 bridgehead atoms. The fraction of sp³-hybridized carbons (Fsp3) is 0.312. The summed E-state index contributed by atoms with van der Waals surface area (Å²) in [5.74, 6) is -0.347. The summed E-state index contributed by atoms with van der Waals surface area (Å²) in [6.07, 6.45) is 0. The molecule has 2 aromatic rings. The van der Waals surface area contributed by atoms with Gasteiger partial charge in [0.2, 0.25) is 0 Å². The van der Waals surface area contributed by atoms with Gasteiger partial charge in [-0.25, -0.2) is 0 Å². The van der Waals surface area contributed by atoms with Gasteiger partial charge in [0.05, 0.1) is 23.7 Å². The van der Waals surface area contributed by atoms with Crippen LogP contribution in [0, 0.1) is 10.1 Å². The summed E-state index contributed by atoms with van der Waals surface area (Å²) in [6.45, 7) is 4.24. The smallest absolute Gasteiger partial charge is 0.324 e. The van der Waals surface area contributed by atoms with Crippen LogP contribution < -0.4 is 5.32 Å². The first-order chi connectivity index (χ1) is 11.6. The summed E-state index contributed by atoms with van der Waals surface area (Å²) >= 11 is 0.943. The fourth-order valence-electron chi connectivity index (χ4n) is 2.45. The summed E-state index contributed by atoms with van der Waals surface area (Å²) in [5, 5.41) is 14.9. The van der Waals surface area contributed by atoms with Crippen molar-refractivity contribution in [2.24, 2.45) is 0 Å². The molecule has 1 aromatic carbocycles. The first-order valence-corrected chi connectivity index (χ1v) is 8.43. The molecule has 0 unspecified atom stereocenters. The zero-order valence-corrected chi connectivity index (χ0v) is 13.8. The fourth-order valence-corrected chi connectivity index (χ4v) is 3.16. The van der Waals surface area contributed by atoms with Gasteiger partial charge in [0.25, 0.3) is 5.91 Å². The molecular formula is C16H17N3O4S. The molecule has 0 radical (unpaired) electrons. The number of carbonyl (C=O) groups excluding carboxylic acids is 1. The molecule has 1 N–H and O–H groups in total. The summed E-state index contributed by atoms with van der Waals surface area (Å²) in [6, 6.07) is 8.91. The van der Waals surface area contributed by atoms with Gasteiger partial charge in [0.15, 0.2) is 0 Å². The molecule has 2 heterocycles. The first-order valence-electron chi connectivity index (χ1n) is 7.55. The number of ether oxygens (including phenoxy) is 1. The van der Waals surface area contributed by atoms with E-state index in [4.69, 9.17) is 4.74 Å². The molecule has 1 aliphatic rings. The third-order valence-corrected chi connectivity index (χ3v) is 4.63. The van der Waals surface area contributed by atoms with Crippen LogP contribution >= 0.6 is 11.3 Å². The predicted molar refractivity (Wildman–Crippen MR) is 91.5 cm³/mol. The van der Waals surface area contributed by atoms with E-state index >= 15 is 0 Å². The van der Waals surface area contributed by atoms with Crippen LogP contribution in [-0.2, 0) is 11.3 Å². The average Bonchev–Trinajstić information content (AvgIpc) is 3.08. The van der Waals surface area contributed by atoms with Crippen LogP contribution in [0.4, 0.5) is 10.7 Å². The quantitative estimate of drug-likeness (QED) is 0.664. The Morgan fingerprint density at radius 2 is 2.00 bits per heavy atom. The molecule has 1 aliphatic heterocycles. The number of nitro groups is 1. The summed E-state index contributed by atoms with van der Waals surface area (Å²) < 4.78 is 5.33. The average molecular weight is 347 g/mol. The van der Waals surface area contributed by atoms with Crippen LogP contribution in [0.15, 0.2) is 35.7 Å². The van der Waals surface area contributed by atoms with E-state index in [1.54, 1.807) is 0 Å². The SMILES string of the molecule is O=C(Nc1ccc(CN2CCOCC2)cc1)c1csc([N+](=O)[O-])c1. The Hall–Kier alpha value is -2.29. The number of morpholine rings is 1. The Balaban J connectivity index is 1.58. The molecule has 0 saturated carbocycles. The highest BCUT2D eigenvalue weighted by molar-refractivity contribution is 7.13. The summed E-state index contributed by atoms with van der Waals surface area (Å²) in [7, 11) is 0. The van der Waals surface area contributed by atoms with Gasteiger partial charge in [0.1, 0.15) is 0 Å². The number of hydrogen-bond donors (Lipinski definition) is 1. The van der Waals surface area contributed by atoms with E-state index in [9.17, 15) is 14.9 Å². The second kappa shape index (κ2) is 7.52. The highest BCUT2D eigenvalue weighted by Crippen LogP contribution is 2.23. The molecule has 1 saturated heterocycles. The third-order valence-electron chi connectivity index (χ3n) is 3.75. The minimum atomic E-state index is -0.498. The van der Waals surface area contributed by atoms with Crippen molar-refractivity contribution < 1.29 is 14.5 Å². The molecule has 8 heteroatoms. The van der Waals surface area contributed by atoms with Gasteiger partial charge in [-0.3, -0.25) is 19.8 Å². The topological polar surface area (TPSA) is 84.7 Å². The van der Waals surface area contributed by atoms with Crippen LogP contribution in [0.25, 0.3) is 0 Å². The number of hydrogen-bond acceptors (Lipinski definition) is 6. The lowest BCUT2D eigenvalue weighted by molar-refractivity contribution is -0.380. The molecule has 126 valence electrons. The number of amides is 1. The van der Waals surface area contributed by atoms with Gasteiger partial charge in [0, 0.05) is 36.8 Å². The Bertz CT molecular complexity index is 723. The van der Waals surface area contributed by atoms with Crippen molar-refractivity contribution in [1.29, 1.82) is 0 Å². The molecule has 0 atom stereocenters. The number of anilines is 1. The van der Waals surface area contributed by atoms with E-state index in [-0.39, 0.29) is 10.9 Å². The van der Waals surface area contributed by atoms with E-state index in [0.29, 0.717) is 11.3 Å². The van der Waals surface area contributed by atoms with Crippen LogP contribution in [-0.4, -0.2) is 42.0 Å². The molecule has 0 aliphatic carbocycles. The maximum atomic E-state index is 12.1. The number of nitrogens with one attached hydrogen (secondary N) is 1. The minimum Gasteiger partial charge on any atom is -0.379 e. The highest BCUT2D eigenvalue weighted by Gasteiger charge is 2.15. The lowest BCUT2D eigenvalue weighted by Crippen LogP contribution is -2.35. The summed E-state index contributed by atoms with van der Waals surface area (Å²) in [5.41, 5.74) is 2.13. The zero-order valence-electron chi connectivity index (χ0n) is 12.9. The normalized spacial score (nSPS) is 15.2. The maximum Gasteiger partial charge on any atom is 0.324 e. The van der Waals surface area contributed by atoms with Crippen molar-refractivity contribution in [3.05, 3.63) is 57.0 Å². The van der Waals surface area contributed by atoms with E-state index in [0.717, 1.165) is 44.2 Å². The molecule has 3 rings (SSSR count). The number of thiophene rings is 1. The number of rotatable bonds is 5. The van der Waals surface area contributed by atoms with Crippen molar-refractivity contribution in [3.63, 3.8) is 0 Å². The van der Waals surface area contributed by atoms with Gasteiger partial charge in [-0.15, -0.1) is 0 Å². The van der Waals surface area contributed by atoms with Gasteiger partial charge >= 0.3 is 5.00 Å². The minimum absolute atomic E-state index is 0.0407. The number of carbonyl (C=O) groups is 1. The van der Waals surface area contributed by atoms with Crippen LogP contribution in [0.2, 0.25) is 0 Å². The van der Waals surface area contributed by atoms with E-state index < -0.39 is 4.92 Å². The Morgan fingerprint density at radius 1 is 1.29 bits per heavy atom. The zero-order chi connectivity index (χ0) is 16.9. The van der Waals surface area contributed by atoms with Crippen molar-refractivity contribution in [2.75, 3.05) is 31.6 Å². The van der Waals surface area contributed by atoms with Gasteiger partial charge in [-0.2, -0.15) is 0 Å². The third kappa shape index (κ3) is 4.16. The van der Waals surface area contributed by atoms with E-state index in [1.165, 1.54) is 17.0 Å². The van der Waals surface area contributed by atoms with Gasteiger partial charge in [-0.1, -0.05) is 23.5 Å². The van der Waals surface area contributed by atoms with Crippen molar-refractivity contribution in [3.8, 4) is 0 Å². The molecule has 7 nitrogen and oxygen atoms in total. The highest BCUT2D eigenvalue weighted by atomic mass is 32.1. The largest absolute Gasteiger partial charge is 0.379 e. The van der Waals surface area contributed by atoms with Gasteiger partial charge in [-0.05, 0) is 17.7 Å². The van der Waals surface area contributed by atoms with E-state index in [1.807, 2.05) is 24.3 Å². The van der Waals surface area contributed by atoms with Crippen molar-refractivity contribution in [2.45, 2.75) is 6.54 Å². The molecule has 0 spiro atoms. The Kier molecular flexibility index (Phi) is 5.19. The Labute approximate surface area is 143 Å². The number of benzene rings is 1. The van der Waals surface area contributed by atoms with Crippen LogP contribution in [0.1, 0.15) is 15.9 Å². The Morgan fingerprint density at radius 3 is 2.62 bits per heavy atom.